The molecule has 0 bridgehead atoms. The molecule has 5 nitrogen and oxygen atoms in total. The molecule has 1 aromatic carbocycles. The topological polar surface area (TPSA) is 69.6 Å². The van der Waals surface area contributed by atoms with Gasteiger partial charge < -0.3 is 15.3 Å². The minimum absolute atomic E-state index is 0.129. The summed E-state index contributed by atoms with van der Waals surface area (Å²) in [5.74, 6) is -0.614. The maximum absolute atomic E-state index is 12.4. The van der Waals surface area contributed by atoms with Crippen molar-refractivity contribution in [2.45, 2.75) is 38.8 Å². The number of rotatable bonds is 3. The minimum atomic E-state index is -1.05. The Morgan fingerprint density at radius 2 is 1.95 bits per heavy atom. The van der Waals surface area contributed by atoms with Crippen LogP contribution in [0.15, 0.2) is 30.3 Å². The summed E-state index contributed by atoms with van der Waals surface area (Å²) >= 11 is 0. The van der Waals surface area contributed by atoms with Crippen LogP contribution >= 0.6 is 0 Å². The molecule has 1 aliphatic heterocycles. The smallest absolute Gasteiger partial charge is 0.330 e. The van der Waals surface area contributed by atoms with Crippen molar-refractivity contribution >= 4 is 12.0 Å². The largest absolute Gasteiger partial charge is 0.479 e. The number of nitrogens with one attached hydrogen (secondary N) is 1. The standard InChI is InChI=1S/C16H22N2O3/c1-11-7-6-10-18(12(11)2)16(21)17-14(15(19)20)13-8-4-3-5-9-13/h3-5,8-9,11-12,14H,6-7,10H2,1-2H3,(H,17,21)(H,19,20). The van der Waals surface area contributed by atoms with Crippen molar-refractivity contribution in [2.75, 3.05) is 6.54 Å². The summed E-state index contributed by atoms with van der Waals surface area (Å²) in [5.41, 5.74) is 0.580. The van der Waals surface area contributed by atoms with E-state index in [9.17, 15) is 14.7 Å². The van der Waals surface area contributed by atoms with Gasteiger partial charge in [0.1, 0.15) is 0 Å². The maximum atomic E-state index is 12.4. The van der Waals surface area contributed by atoms with Crippen molar-refractivity contribution in [3.05, 3.63) is 35.9 Å². The number of amides is 2. The van der Waals surface area contributed by atoms with E-state index in [2.05, 4.69) is 12.2 Å². The lowest BCUT2D eigenvalue weighted by Crippen LogP contribution is -2.51. The van der Waals surface area contributed by atoms with Gasteiger partial charge in [0.25, 0.3) is 0 Å². The van der Waals surface area contributed by atoms with Crippen LogP contribution in [0.3, 0.4) is 0 Å². The quantitative estimate of drug-likeness (QED) is 0.899. The lowest BCUT2D eigenvalue weighted by Gasteiger charge is -2.38. The van der Waals surface area contributed by atoms with Gasteiger partial charge in [-0.2, -0.15) is 0 Å². The first kappa shape index (κ1) is 15.4. The number of hydrogen-bond donors (Lipinski definition) is 2. The summed E-state index contributed by atoms with van der Waals surface area (Å²) in [6.45, 7) is 4.82. The Morgan fingerprint density at radius 1 is 1.29 bits per heavy atom. The highest BCUT2D eigenvalue weighted by Crippen LogP contribution is 2.23. The molecule has 0 saturated carbocycles. The SMILES string of the molecule is CC1CCCN(C(=O)NC(C(=O)O)c2ccccc2)C1C. The Hall–Kier alpha value is -2.04. The molecule has 2 rings (SSSR count). The fourth-order valence-electron chi connectivity index (χ4n) is 2.76. The van der Waals surface area contributed by atoms with Crippen LogP contribution in [0.4, 0.5) is 4.79 Å². The van der Waals surface area contributed by atoms with Crippen LogP contribution in [0.1, 0.15) is 38.3 Å². The fourth-order valence-corrected chi connectivity index (χ4v) is 2.76. The van der Waals surface area contributed by atoms with Crippen molar-refractivity contribution in [3.63, 3.8) is 0 Å². The monoisotopic (exact) mass is 290 g/mol. The molecule has 3 atom stereocenters. The number of carboxylic acid groups (broad SMARTS) is 1. The number of carbonyl (C=O) groups excluding carboxylic acids is 1. The van der Waals surface area contributed by atoms with Crippen LogP contribution in [0.25, 0.3) is 0 Å². The summed E-state index contributed by atoms with van der Waals surface area (Å²) in [6.07, 6.45) is 2.06. The second kappa shape index (κ2) is 6.61. The fraction of sp³-hybridized carbons (Fsp3) is 0.500. The first-order valence-electron chi connectivity index (χ1n) is 7.35. The van der Waals surface area contributed by atoms with Gasteiger partial charge in [-0.25, -0.2) is 9.59 Å². The van der Waals surface area contributed by atoms with Crippen molar-refractivity contribution < 1.29 is 14.7 Å². The van der Waals surface area contributed by atoms with E-state index in [1.807, 2.05) is 13.0 Å². The van der Waals surface area contributed by atoms with E-state index >= 15 is 0 Å². The predicted molar refractivity (Wildman–Crippen MR) is 79.9 cm³/mol. The first-order chi connectivity index (χ1) is 10.0. The number of urea groups is 1. The molecular formula is C16H22N2O3. The van der Waals surface area contributed by atoms with Crippen LogP contribution < -0.4 is 5.32 Å². The van der Waals surface area contributed by atoms with Gasteiger partial charge in [-0.15, -0.1) is 0 Å². The van der Waals surface area contributed by atoms with E-state index in [1.54, 1.807) is 29.2 Å². The third-order valence-corrected chi connectivity index (χ3v) is 4.28. The Balaban J connectivity index is 2.10. The number of aliphatic carboxylic acids is 1. The van der Waals surface area contributed by atoms with E-state index in [4.69, 9.17) is 0 Å². The summed E-state index contributed by atoms with van der Waals surface area (Å²) in [4.78, 5) is 25.6. The van der Waals surface area contributed by atoms with Crippen LogP contribution in [-0.4, -0.2) is 34.6 Å². The van der Waals surface area contributed by atoms with Crippen LogP contribution in [0.5, 0.6) is 0 Å². The first-order valence-corrected chi connectivity index (χ1v) is 7.35. The third-order valence-electron chi connectivity index (χ3n) is 4.28. The molecule has 2 N–H and O–H groups in total. The Morgan fingerprint density at radius 3 is 2.57 bits per heavy atom. The third kappa shape index (κ3) is 3.54. The predicted octanol–water partition coefficient (Wildman–Crippen LogP) is 2.64. The highest BCUT2D eigenvalue weighted by atomic mass is 16.4. The molecule has 1 aliphatic rings. The van der Waals surface area contributed by atoms with E-state index in [0.717, 1.165) is 12.8 Å². The van der Waals surface area contributed by atoms with Gasteiger partial charge >= 0.3 is 12.0 Å². The molecule has 3 unspecified atom stereocenters. The molecule has 1 fully saturated rings. The molecule has 21 heavy (non-hydrogen) atoms. The Bertz CT molecular complexity index is 504. The number of carboxylic acids is 1. The average molecular weight is 290 g/mol. The highest BCUT2D eigenvalue weighted by Gasteiger charge is 2.31. The van der Waals surface area contributed by atoms with Crippen LogP contribution in [0, 0.1) is 5.92 Å². The molecule has 1 saturated heterocycles. The van der Waals surface area contributed by atoms with E-state index < -0.39 is 12.0 Å². The Kier molecular flexibility index (Phi) is 4.83. The number of likely N-dealkylation sites (tertiary alicyclic amines) is 1. The van der Waals surface area contributed by atoms with Gasteiger partial charge in [-0.05, 0) is 31.2 Å². The highest BCUT2D eigenvalue weighted by molar-refractivity contribution is 5.83. The van der Waals surface area contributed by atoms with Gasteiger partial charge in [-0.1, -0.05) is 37.3 Å². The lowest BCUT2D eigenvalue weighted by atomic mass is 9.92. The van der Waals surface area contributed by atoms with Crippen molar-refractivity contribution in [3.8, 4) is 0 Å². The number of piperidine rings is 1. The summed E-state index contributed by atoms with van der Waals surface area (Å²) in [7, 11) is 0. The second-order valence-corrected chi connectivity index (χ2v) is 5.68. The molecule has 0 aliphatic carbocycles. The van der Waals surface area contributed by atoms with E-state index in [1.165, 1.54) is 0 Å². The van der Waals surface area contributed by atoms with Gasteiger partial charge in [0, 0.05) is 12.6 Å². The molecule has 0 radical (unpaired) electrons. The zero-order chi connectivity index (χ0) is 15.4. The molecule has 2 amide bonds. The van der Waals surface area contributed by atoms with Crippen molar-refractivity contribution in [1.29, 1.82) is 0 Å². The van der Waals surface area contributed by atoms with Gasteiger partial charge in [-0.3, -0.25) is 0 Å². The molecule has 0 spiro atoms. The minimum Gasteiger partial charge on any atom is -0.479 e. The number of carbonyl (C=O) groups is 2. The van der Waals surface area contributed by atoms with Crippen molar-refractivity contribution in [1.82, 2.24) is 10.2 Å². The van der Waals surface area contributed by atoms with E-state index in [-0.39, 0.29) is 12.1 Å². The zero-order valence-corrected chi connectivity index (χ0v) is 12.5. The van der Waals surface area contributed by atoms with Crippen molar-refractivity contribution in [2.24, 2.45) is 5.92 Å². The summed E-state index contributed by atoms with van der Waals surface area (Å²) < 4.78 is 0. The van der Waals surface area contributed by atoms with Crippen LogP contribution in [0.2, 0.25) is 0 Å². The molecule has 114 valence electrons. The average Bonchev–Trinajstić information content (AvgIpc) is 2.48. The lowest BCUT2D eigenvalue weighted by molar-refractivity contribution is -0.139. The molecule has 1 heterocycles. The molecule has 5 heteroatoms. The normalized spacial score (nSPS) is 23.4. The number of nitrogens with zero attached hydrogens (tertiary/aromatic N) is 1. The molecular weight excluding hydrogens is 268 g/mol. The Labute approximate surface area is 125 Å². The number of hydrogen-bond acceptors (Lipinski definition) is 2. The number of benzene rings is 1. The van der Waals surface area contributed by atoms with Gasteiger partial charge in [0.15, 0.2) is 6.04 Å². The van der Waals surface area contributed by atoms with Crippen LogP contribution in [-0.2, 0) is 4.79 Å². The molecule has 0 aromatic heterocycles. The van der Waals surface area contributed by atoms with E-state index in [0.29, 0.717) is 18.0 Å². The second-order valence-electron chi connectivity index (χ2n) is 5.68. The summed E-state index contributed by atoms with van der Waals surface area (Å²) in [5, 5.41) is 12.0. The van der Waals surface area contributed by atoms with Gasteiger partial charge in [0.2, 0.25) is 0 Å². The zero-order valence-electron chi connectivity index (χ0n) is 12.5. The maximum Gasteiger partial charge on any atom is 0.330 e. The summed E-state index contributed by atoms with van der Waals surface area (Å²) in [6, 6.07) is 7.59. The molecule has 1 aromatic rings. The van der Waals surface area contributed by atoms with Gasteiger partial charge in [0.05, 0.1) is 0 Å².